The molecule has 8 nitrogen and oxygen atoms in total. The number of benzene rings is 3. The van der Waals surface area contributed by atoms with Crippen LogP contribution in [0.4, 0.5) is 5.69 Å². The molecule has 4 aromatic rings. The van der Waals surface area contributed by atoms with E-state index in [0.717, 1.165) is 22.4 Å². The molecule has 8 heteroatoms. The maximum atomic E-state index is 12.6. The van der Waals surface area contributed by atoms with Gasteiger partial charge in [-0.25, -0.2) is 0 Å². The minimum atomic E-state index is -0.163. The Kier molecular flexibility index (Phi) is 8.28. The number of hydrogen-bond donors (Lipinski definition) is 1. The average molecular weight is 483 g/mol. The normalized spacial score (nSPS) is 10.4. The van der Waals surface area contributed by atoms with Gasteiger partial charge in [0.15, 0.2) is 0 Å². The van der Waals surface area contributed by atoms with E-state index >= 15 is 0 Å². The molecular formula is C28H26N4O4. The van der Waals surface area contributed by atoms with Gasteiger partial charge < -0.3 is 19.3 Å². The third kappa shape index (κ3) is 6.70. The third-order valence-electron chi connectivity index (χ3n) is 5.35. The summed E-state index contributed by atoms with van der Waals surface area (Å²) < 4.78 is 16.6. The van der Waals surface area contributed by atoms with E-state index < -0.39 is 0 Å². The molecule has 1 N–H and O–H groups in total. The molecule has 0 radical (unpaired) electrons. The fraction of sp³-hybridized carbons (Fsp3) is 0.214. The number of ether oxygens (including phenoxy) is 2. The molecule has 1 aromatic heterocycles. The van der Waals surface area contributed by atoms with E-state index in [-0.39, 0.29) is 12.3 Å². The van der Waals surface area contributed by atoms with Gasteiger partial charge in [0.1, 0.15) is 18.1 Å². The minimum Gasteiger partial charge on any atom is -0.494 e. The van der Waals surface area contributed by atoms with Crippen molar-refractivity contribution in [3.05, 3.63) is 89.8 Å². The topological polar surface area (TPSA) is 110 Å². The highest BCUT2D eigenvalue weighted by Gasteiger charge is 2.12. The lowest BCUT2D eigenvalue weighted by Gasteiger charge is -2.12. The largest absolute Gasteiger partial charge is 0.494 e. The van der Waals surface area contributed by atoms with Gasteiger partial charge in [0.25, 0.3) is 0 Å². The summed E-state index contributed by atoms with van der Waals surface area (Å²) in [6.07, 6.45) is 0.881. The zero-order chi connectivity index (χ0) is 25.2. The highest BCUT2D eigenvalue weighted by atomic mass is 16.5. The van der Waals surface area contributed by atoms with Crippen molar-refractivity contribution in [2.75, 3.05) is 11.9 Å². The summed E-state index contributed by atoms with van der Waals surface area (Å²) in [6, 6.07) is 24.5. The Bertz CT molecular complexity index is 1320. The van der Waals surface area contributed by atoms with E-state index in [0.29, 0.717) is 49.2 Å². The van der Waals surface area contributed by atoms with Crippen molar-refractivity contribution in [2.45, 2.75) is 32.8 Å². The molecule has 1 heterocycles. The Morgan fingerprint density at radius 2 is 1.72 bits per heavy atom. The first kappa shape index (κ1) is 24.5. The summed E-state index contributed by atoms with van der Waals surface area (Å²) in [4.78, 5) is 17.0. The molecule has 36 heavy (non-hydrogen) atoms. The van der Waals surface area contributed by atoms with Crippen molar-refractivity contribution in [3.63, 3.8) is 0 Å². The number of para-hydroxylation sites is 1. The van der Waals surface area contributed by atoms with Crippen molar-refractivity contribution in [1.82, 2.24) is 10.1 Å². The molecule has 0 aliphatic heterocycles. The molecule has 0 saturated heterocycles. The Balaban J connectivity index is 1.30. The lowest BCUT2D eigenvalue weighted by atomic mass is 10.1. The van der Waals surface area contributed by atoms with E-state index in [1.54, 1.807) is 0 Å². The van der Waals surface area contributed by atoms with Crippen LogP contribution in [0, 0.1) is 11.3 Å². The second-order valence-corrected chi connectivity index (χ2v) is 7.94. The molecular weight excluding hydrogens is 456 g/mol. The van der Waals surface area contributed by atoms with Gasteiger partial charge in [-0.3, -0.25) is 4.79 Å². The second kappa shape index (κ2) is 12.2. The highest BCUT2D eigenvalue weighted by Crippen LogP contribution is 2.22. The first-order chi connectivity index (χ1) is 17.6. The van der Waals surface area contributed by atoms with Gasteiger partial charge in [-0.05, 0) is 55.0 Å². The van der Waals surface area contributed by atoms with Gasteiger partial charge in [0, 0.05) is 29.7 Å². The smallest absolute Gasteiger partial charge is 0.227 e. The SMILES string of the molecule is CCOc1ccc(-c2noc(CCC(=O)Nc3ccccc3COc3ccc(CC#N)cc3)n2)cc1. The van der Waals surface area contributed by atoms with Crippen LogP contribution in [0.1, 0.15) is 30.4 Å². The Morgan fingerprint density at radius 3 is 2.47 bits per heavy atom. The minimum absolute atomic E-state index is 0.163. The Morgan fingerprint density at radius 1 is 1.00 bits per heavy atom. The molecule has 0 atom stereocenters. The molecule has 0 fully saturated rings. The summed E-state index contributed by atoms with van der Waals surface area (Å²) in [5.41, 5.74) is 3.28. The first-order valence-electron chi connectivity index (χ1n) is 11.7. The quantitative estimate of drug-likeness (QED) is 0.307. The number of carbonyl (C=O) groups is 1. The molecule has 1 amide bonds. The first-order valence-corrected chi connectivity index (χ1v) is 11.7. The molecule has 0 bridgehead atoms. The number of hydrogen-bond acceptors (Lipinski definition) is 7. The van der Waals surface area contributed by atoms with Crippen molar-refractivity contribution in [2.24, 2.45) is 0 Å². The number of nitrogens with zero attached hydrogens (tertiary/aromatic N) is 3. The third-order valence-corrected chi connectivity index (χ3v) is 5.35. The summed E-state index contributed by atoms with van der Waals surface area (Å²) in [5.74, 6) is 2.17. The van der Waals surface area contributed by atoms with Crippen LogP contribution in [0.2, 0.25) is 0 Å². The van der Waals surface area contributed by atoms with Crippen molar-refractivity contribution >= 4 is 11.6 Å². The number of carbonyl (C=O) groups excluding carboxylic acids is 1. The number of nitrogens with one attached hydrogen (secondary N) is 1. The van der Waals surface area contributed by atoms with Gasteiger partial charge in [0.05, 0.1) is 19.1 Å². The predicted octanol–water partition coefficient (Wildman–Crippen LogP) is 5.35. The molecule has 0 aliphatic rings. The monoisotopic (exact) mass is 482 g/mol. The van der Waals surface area contributed by atoms with Crippen LogP contribution in [0.5, 0.6) is 11.5 Å². The average Bonchev–Trinajstić information content (AvgIpc) is 3.38. The standard InChI is InChI=1S/C28H26N4O4/c1-2-34-23-13-9-21(10-14-23)28-31-27(36-32-28)16-15-26(33)30-25-6-4-3-5-22(25)19-35-24-11-7-20(8-12-24)17-18-29/h3-14H,2,15-17,19H2,1H3,(H,30,33). The van der Waals surface area contributed by atoms with E-state index in [1.165, 1.54) is 0 Å². The molecule has 0 saturated carbocycles. The van der Waals surface area contributed by atoms with Gasteiger partial charge in [-0.2, -0.15) is 10.2 Å². The van der Waals surface area contributed by atoms with Crippen molar-refractivity contribution < 1.29 is 18.8 Å². The Labute approximate surface area is 209 Å². The van der Waals surface area contributed by atoms with Crippen molar-refractivity contribution in [3.8, 4) is 29.0 Å². The second-order valence-electron chi connectivity index (χ2n) is 7.94. The van der Waals surface area contributed by atoms with Crippen LogP contribution >= 0.6 is 0 Å². The van der Waals surface area contributed by atoms with Crippen LogP contribution in [-0.2, 0) is 24.2 Å². The summed E-state index contributed by atoms with van der Waals surface area (Å²) in [7, 11) is 0. The number of nitriles is 1. The Hall–Kier alpha value is -4.64. The van der Waals surface area contributed by atoms with Gasteiger partial charge >= 0.3 is 0 Å². The fourth-order valence-corrected chi connectivity index (χ4v) is 3.50. The number of rotatable bonds is 11. The lowest BCUT2D eigenvalue weighted by Crippen LogP contribution is -2.14. The molecule has 0 unspecified atom stereocenters. The van der Waals surface area contributed by atoms with Crippen LogP contribution in [0.25, 0.3) is 11.4 Å². The van der Waals surface area contributed by atoms with Crippen LogP contribution < -0.4 is 14.8 Å². The maximum absolute atomic E-state index is 12.6. The highest BCUT2D eigenvalue weighted by molar-refractivity contribution is 5.91. The van der Waals surface area contributed by atoms with Crippen LogP contribution in [0.15, 0.2) is 77.3 Å². The molecule has 0 spiro atoms. The van der Waals surface area contributed by atoms with E-state index in [2.05, 4.69) is 21.5 Å². The molecule has 0 aliphatic carbocycles. The number of anilines is 1. The van der Waals surface area contributed by atoms with E-state index in [1.807, 2.05) is 79.7 Å². The molecule has 182 valence electrons. The zero-order valence-electron chi connectivity index (χ0n) is 19.9. The maximum Gasteiger partial charge on any atom is 0.227 e. The lowest BCUT2D eigenvalue weighted by molar-refractivity contribution is -0.116. The summed E-state index contributed by atoms with van der Waals surface area (Å²) >= 11 is 0. The van der Waals surface area contributed by atoms with Crippen LogP contribution in [-0.4, -0.2) is 22.7 Å². The molecule has 4 rings (SSSR count). The van der Waals surface area contributed by atoms with E-state index in [4.69, 9.17) is 19.3 Å². The van der Waals surface area contributed by atoms with Gasteiger partial charge in [-0.1, -0.05) is 35.5 Å². The number of aromatic nitrogens is 2. The predicted molar refractivity (Wildman–Crippen MR) is 134 cm³/mol. The fourth-order valence-electron chi connectivity index (χ4n) is 3.50. The van der Waals surface area contributed by atoms with Gasteiger partial charge in [-0.15, -0.1) is 0 Å². The van der Waals surface area contributed by atoms with Gasteiger partial charge in [0.2, 0.25) is 17.6 Å². The summed E-state index contributed by atoms with van der Waals surface area (Å²) in [6.45, 7) is 2.83. The number of aryl methyl sites for hydroxylation is 1. The zero-order valence-corrected chi connectivity index (χ0v) is 19.9. The van der Waals surface area contributed by atoms with E-state index in [9.17, 15) is 4.79 Å². The van der Waals surface area contributed by atoms with Crippen LogP contribution in [0.3, 0.4) is 0 Å². The number of amides is 1. The molecule has 3 aromatic carbocycles. The van der Waals surface area contributed by atoms with Crippen molar-refractivity contribution in [1.29, 1.82) is 5.26 Å². The summed E-state index contributed by atoms with van der Waals surface area (Å²) in [5, 5.41) is 15.7.